The third-order valence-corrected chi connectivity index (χ3v) is 7.12. The highest BCUT2D eigenvalue weighted by Gasteiger charge is 2.19. The second-order valence-corrected chi connectivity index (χ2v) is 9.63. The van der Waals surface area contributed by atoms with Gasteiger partial charge in [-0.3, -0.25) is 19.0 Å². The van der Waals surface area contributed by atoms with Gasteiger partial charge < -0.3 is 10.4 Å². The first kappa shape index (κ1) is 25.6. The Kier molecular flexibility index (Phi) is 9.82. The second kappa shape index (κ2) is 13.0. The lowest BCUT2D eigenvalue weighted by atomic mass is 10.1. The average Bonchev–Trinajstić information content (AvgIpc) is 3.16. The van der Waals surface area contributed by atoms with E-state index < -0.39 is 5.97 Å². The van der Waals surface area contributed by atoms with Gasteiger partial charge in [0.05, 0.1) is 23.1 Å². The molecule has 0 radical (unpaired) electrons. The molecule has 2 heterocycles. The first-order valence-electron chi connectivity index (χ1n) is 12.0. The highest BCUT2D eigenvalue weighted by molar-refractivity contribution is 7.20. The van der Waals surface area contributed by atoms with E-state index in [9.17, 15) is 14.4 Å². The fourth-order valence-electron chi connectivity index (χ4n) is 4.01. The van der Waals surface area contributed by atoms with Gasteiger partial charge in [-0.15, -0.1) is 11.3 Å². The van der Waals surface area contributed by atoms with Gasteiger partial charge in [0.15, 0.2) is 0 Å². The number of hydrogen-bond acceptors (Lipinski definition) is 5. The Morgan fingerprint density at radius 1 is 1.00 bits per heavy atom. The van der Waals surface area contributed by atoms with Gasteiger partial charge in [-0.05, 0) is 30.9 Å². The van der Waals surface area contributed by atoms with Crippen molar-refractivity contribution in [3.05, 3.63) is 63.0 Å². The number of nitrogens with zero attached hydrogens (tertiary/aromatic N) is 2. The number of amides is 1. The lowest BCUT2D eigenvalue weighted by molar-refractivity contribution is -0.137. The molecule has 0 saturated heterocycles. The summed E-state index contributed by atoms with van der Waals surface area (Å²) >= 11 is 1.27. The largest absolute Gasteiger partial charge is 0.481 e. The molecule has 0 aliphatic carbocycles. The van der Waals surface area contributed by atoms with Crippen LogP contribution >= 0.6 is 11.3 Å². The highest BCUT2D eigenvalue weighted by atomic mass is 32.1. The summed E-state index contributed by atoms with van der Waals surface area (Å²) in [4.78, 5) is 41.8. The fraction of sp³-hybridized carbons (Fsp3) is 0.462. The number of carbonyl (C=O) groups excluding carboxylic acids is 1. The van der Waals surface area contributed by atoms with Gasteiger partial charge in [-0.1, -0.05) is 68.9 Å². The summed E-state index contributed by atoms with van der Waals surface area (Å²) < 4.78 is 1.59. The molecule has 1 aromatic carbocycles. The molecule has 2 aromatic heterocycles. The van der Waals surface area contributed by atoms with Crippen molar-refractivity contribution in [1.82, 2.24) is 14.9 Å². The van der Waals surface area contributed by atoms with Gasteiger partial charge in [0.25, 0.3) is 11.5 Å². The topological polar surface area (TPSA) is 101 Å². The molecular weight excluding hydrogens is 450 g/mol. The maximum atomic E-state index is 13.0. The number of fused-ring (bicyclic) bond motifs is 1. The van der Waals surface area contributed by atoms with E-state index >= 15 is 0 Å². The Hall–Kier alpha value is -3.00. The molecule has 34 heavy (non-hydrogen) atoms. The summed E-state index contributed by atoms with van der Waals surface area (Å²) in [5.41, 5.74) is 1.60. The van der Waals surface area contributed by atoms with E-state index in [4.69, 9.17) is 5.11 Å². The maximum Gasteiger partial charge on any atom is 0.303 e. The number of thiophene rings is 1. The van der Waals surface area contributed by atoms with E-state index in [-0.39, 0.29) is 17.9 Å². The lowest BCUT2D eigenvalue weighted by Crippen LogP contribution is -2.24. The number of aliphatic carboxylic acids is 1. The number of unbranched alkanes of at least 4 members (excludes halogenated alkanes) is 7. The zero-order valence-corrected chi connectivity index (χ0v) is 20.5. The molecule has 0 aliphatic heterocycles. The summed E-state index contributed by atoms with van der Waals surface area (Å²) in [6, 6.07) is 9.76. The third kappa shape index (κ3) is 7.25. The van der Waals surface area contributed by atoms with E-state index in [0.717, 1.165) is 56.9 Å². The van der Waals surface area contributed by atoms with Gasteiger partial charge in [-0.25, -0.2) is 4.98 Å². The predicted octanol–water partition coefficient (Wildman–Crippen LogP) is 5.14. The number of carboxylic acids is 1. The van der Waals surface area contributed by atoms with Crippen molar-refractivity contribution in [2.45, 2.75) is 71.3 Å². The molecule has 3 aromatic rings. The van der Waals surface area contributed by atoms with Gasteiger partial charge in [0.2, 0.25) is 0 Å². The van der Waals surface area contributed by atoms with E-state index in [2.05, 4.69) is 10.3 Å². The number of nitrogens with one attached hydrogen (secondary N) is 1. The van der Waals surface area contributed by atoms with Crippen molar-refractivity contribution < 1.29 is 14.7 Å². The second-order valence-electron chi connectivity index (χ2n) is 8.63. The SMILES string of the molecule is Cc1c(C(=O)NCCCCCCCCCCC(=O)O)sc2ncn(Cc3ccccc3)c(=O)c12. The zero-order chi connectivity index (χ0) is 24.3. The number of aromatic nitrogens is 2. The zero-order valence-electron chi connectivity index (χ0n) is 19.7. The van der Waals surface area contributed by atoms with Crippen LogP contribution in [0, 0.1) is 6.92 Å². The Morgan fingerprint density at radius 2 is 1.65 bits per heavy atom. The summed E-state index contributed by atoms with van der Waals surface area (Å²) in [6.45, 7) is 2.87. The van der Waals surface area contributed by atoms with Crippen molar-refractivity contribution in [3.8, 4) is 0 Å². The van der Waals surface area contributed by atoms with Crippen LogP contribution in [-0.2, 0) is 11.3 Å². The van der Waals surface area contributed by atoms with Gasteiger partial charge in [-0.2, -0.15) is 0 Å². The Morgan fingerprint density at radius 3 is 2.32 bits per heavy atom. The van der Waals surface area contributed by atoms with Crippen LogP contribution < -0.4 is 10.9 Å². The molecular formula is C26H33N3O4S. The van der Waals surface area contributed by atoms with E-state index in [1.54, 1.807) is 10.9 Å². The van der Waals surface area contributed by atoms with Crippen molar-refractivity contribution in [2.75, 3.05) is 6.54 Å². The summed E-state index contributed by atoms with van der Waals surface area (Å²) in [5, 5.41) is 12.1. The fourth-order valence-corrected chi connectivity index (χ4v) is 5.07. The first-order chi connectivity index (χ1) is 16.5. The molecule has 7 nitrogen and oxygen atoms in total. The van der Waals surface area contributed by atoms with Crippen LogP contribution in [0.3, 0.4) is 0 Å². The molecule has 0 bridgehead atoms. The Balaban J connectivity index is 1.45. The number of carboxylic acid groups (broad SMARTS) is 1. The number of hydrogen-bond donors (Lipinski definition) is 2. The highest BCUT2D eigenvalue weighted by Crippen LogP contribution is 2.26. The summed E-state index contributed by atoms with van der Waals surface area (Å²) in [5.74, 6) is -0.864. The number of aryl methyl sites for hydroxylation is 1. The van der Waals surface area contributed by atoms with Crippen LogP contribution in [0.25, 0.3) is 10.2 Å². The van der Waals surface area contributed by atoms with Crippen molar-refractivity contribution in [3.63, 3.8) is 0 Å². The Bertz CT molecular complexity index is 1150. The monoisotopic (exact) mass is 483 g/mol. The van der Waals surface area contributed by atoms with Crippen LogP contribution in [0.4, 0.5) is 0 Å². The van der Waals surface area contributed by atoms with Gasteiger partial charge in [0, 0.05) is 13.0 Å². The summed E-state index contributed by atoms with van der Waals surface area (Å²) in [6.07, 6.45) is 9.97. The van der Waals surface area contributed by atoms with Crippen LogP contribution in [0.1, 0.15) is 78.6 Å². The average molecular weight is 484 g/mol. The van der Waals surface area contributed by atoms with Crippen LogP contribution in [0.5, 0.6) is 0 Å². The maximum absolute atomic E-state index is 13.0. The standard InChI is InChI=1S/C26H33N3O4S/c1-19-22-25(28-18-29(26(22)33)17-20-13-9-8-10-14-20)34-23(19)24(32)27-16-12-7-5-3-2-4-6-11-15-21(30)31/h8-10,13-14,18H,2-7,11-12,15-17H2,1H3,(H,27,32)(H,30,31). The Labute approximate surface area is 203 Å². The molecule has 0 fully saturated rings. The van der Waals surface area contributed by atoms with Crippen LogP contribution in [0.15, 0.2) is 41.5 Å². The minimum Gasteiger partial charge on any atom is -0.481 e. The normalized spacial score (nSPS) is 11.1. The van der Waals surface area contributed by atoms with Crippen molar-refractivity contribution in [2.24, 2.45) is 0 Å². The van der Waals surface area contributed by atoms with E-state index in [1.165, 1.54) is 11.3 Å². The van der Waals surface area contributed by atoms with E-state index in [0.29, 0.717) is 33.7 Å². The van der Waals surface area contributed by atoms with Gasteiger partial charge >= 0.3 is 5.97 Å². The lowest BCUT2D eigenvalue weighted by Gasteiger charge is -2.06. The first-order valence-corrected chi connectivity index (χ1v) is 12.8. The quantitative estimate of drug-likeness (QED) is 0.309. The molecule has 0 spiro atoms. The molecule has 0 unspecified atom stereocenters. The minimum absolute atomic E-state index is 0.121. The number of benzene rings is 1. The molecule has 182 valence electrons. The molecule has 8 heteroatoms. The number of carbonyl (C=O) groups is 2. The molecule has 1 amide bonds. The molecule has 0 atom stereocenters. The van der Waals surface area contributed by atoms with Gasteiger partial charge in [0.1, 0.15) is 4.83 Å². The number of rotatable bonds is 14. The third-order valence-electron chi connectivity index (χ3n) is 5.92. The van der Waals surface area contributed by atoms with E-state index in [1.807, 2.05) is 37.3 Å². The molecule has 3 rings (SSSR count). The van der Waals surface area contributed by atoms with Crippen molar-refractivity contribution in [1.29, 1.82) is 0 Å². The summed E-state index contributed by atoms with van der Waals surface area (Å²) in [7, 11) is 0. The van der Waals surface area contributed by atoms with Crippen molar-refractivity contribution >= 4 is 33.4 Å². The van der Waals surface area contributed by atoms with Crippen LogP contribution in [0.2, 0.25) is 0 Å². The molecule has 0 saturated carbocycles. The predicted molar refractivity (Wildman–Crippen MR) is 136 cm³/mol. The molecule has 0 aliphatic rings. The minimum atomic E-state index is -0.718. The van der Waals surface area contributed by atoms with Crippen LogP contribution in [-0.4, -0.2) is 33.1 Å². The smallest absolute Gasteiger partial charge is 0.303 e. The molecule has 2 N–H and O–H groups in total.